The Balaban J connectivity index is 1.32. The number of nitrogens with one attached hydrogen (secondary N) is 1. The van der Waals surface area contributed by atoms with Gasteiger partial charge < -0.3 is 15.3 Å². The van der Waals surface area contributed by atoms with Gasteiger partial charge in [0.15, 0.2) is 5.13 Å². The van der Waals surface area contributed by atoms with Crippen molar-refractivity contribution >= 4 is 16.5 Å². The number of aryl methyl sites for hydroxylation is 2. The molecule has 0 spiro atoms. The van der Waals surface area contributed by atoms with Crippen molar-refractivity contribution in [3.8, 4) is 0 Å². The summed E-state index contributed by atoms with van der Waals surface area (Å²) in [5, 5.41) is 17.9. The second-order valence-electron chi connectivity index (χ2n) is 7.10. The highest BCUT2D eigenvalue weighted by molar-refractivity contribution is 7.13. The van der Waals surface area contributed by atoms with Gasteiger partial charge in [-0.05, 0) is 43.7 Å². The fourth-order valence-electron chi connectivity index (χ4n) is 3.93. The molecule has 1 fully saturated rings. The number of thiazole rings is 1. The third-order valence-corrected chi connectivity index (χ3v) is 6.40. The van der Waals surface area contributed by atoms with Gasteiger partial charge in [0.1, 0.15) is 5.60 Å². The molecule has 0 amide bonds. The minimum atomic E-state index is -0.694. The van der Waals surface area contributed by atoms with Crippen LogP contribution in [0.5, 0.6) is 0 Å². The Bertz CT molecular complexity index is 708. The molecule has 2 aliphatic rings. The molecule has 1 aromatic heterocycles. The third-order valence-electron chi connectivity index (χ3n) is 5.38. The fraction of sp³-hybridized carbons (Fsp3) is 0.526. The molecule has 1 aliphatic carbocycles. The molecule has 2 heterocycles. The van der Waals surface area contributed by atoms with Crippen LogP contribution in [0, 0.1) is 6.92 Å². The molecule has 1 saturated heterocycles. The Kier molecular flexibility index (Phi) is 4.33. The number of piperidine rings is 1. The molecule has 24 heavy (non-hydrogen) atoms. The van der Waals surface area contributed by atoms with E-state index in [-0.39, 0.29) is 0 Å². The van der Waals surface area contributed by atoms with E-state index < -0.39 is 5.60 Å². The summed E-state index contributed by atoms with van der Waals surface area (Å²) in [7, 11) is 0. The SMILES string of the molecule is Cc1csc(N2CCC(NC[C@@]3(O)CCc4ccccc43)CC2)n1. The molecule has 1 aromatic carbocycles. The topological polar surface area (TPSA) is 48.4 Å². The number of aromatic nitrogens is 1. The molecule has 0 bridgehead atoms. The lowest BCUT2D eigenvalue weighted by Gasteiger charge is -2.34. The number of hydrogen-bond acceptors (Lipinski definition) is 5. The second-order valence-corrected chi connectivity index (χ2v) is 7.94. The van der Waals surface area contributed by atoms with Crippen molar-refractivity contribution in [2.45, 2.75) is 44.2 Å². The molecule has 2 N–H and O–H groups in total. The van der Waals surface area contributed by atoms with Crippen LogP contribution in [0.3, 0.4) is 0 Å². The van der Waals surface area contributed by atoms with Crippen molar-refractivity contribution in [2.24, 2.45) is 0 Å². The average molecular weight is 343 g/mol. The molecular weight excluding hydrogens is 318 g/mol. The van der Waals surface area contributed by atoms with E-state index >= 15 is 0 Å². The van der Waals surface area contributed by atoms with E-state index in [4.69, 9.17) is 0 Å². The molecule has 0 radical (unpaired) electrons. The van der Waals surface area contributed by atoms with Crippen LogP contribution >= 0.6 is 11.3 Å². The molecule has 0 unspecified atom stereocenters. The standard InChI is InChI=1S/C19H25N3OS/c1-14-12-24-18(21-14)22-10-7-16(8-11-22)20-13-19(23)9-6-15-4-2-3-5-17(15)19/h2-5,12,16,20,23H,6-11,13H2,1H3/t19-/m0/s1. The molecule has 2 aromatic rings. The number of hydrogen-bond donors (Lipinski definition) is 2. The summed E-state index contributed by atoms with van der Waals surface area (Å²) in [6.07, 6.45) is 4.03. The molecule has 5 heteroatoms. The van der Waals surface area contributed by atoms with Crippen molar-refractivity contribution in [1.29, 1.82) is 0 Å². The van der Waals surface area contributed by atoms with Crippen molar-refractivity contribution in [3.05, 3.63) is 46.5 Å². The van der Waals surface area contributed by atoms with Gasteiger partial charge in [-0.25, -0.2) is 4.98 Å². The van der Waals surface area contributed by atoms with Gasteiger partial charge >= 0.3 is 0 Å². The van der Waals surface area contributed by atoms with Gasteiger partial charge in [0, 0.05) is 31.1 Å². The van der Waals surface area contributed by atoms with Gasteiger partial charge in [0.2, 0.25) is 0 Å². The minimum Gasteiger partial charge on any atom is -0.384 e. The van der Waals surface area contributed by atoms with Gasteiger partial charge in [-0.15, -0.1) is 11.3 Å². The summed E-state index contributed by atoms with van der Waals surface area (Å²) < 4.78 is 0. The summed E-state index contributed by atoms with van der Waals surface area (Å²) >= 11 is 1.74. The lowest BCUT2D eigenvalue weighted by Crippen LogP contribution is -2.47. The Labute approximate surface area is 147 Å². The maximum Gasteiger partial charge on any atom is 0.185 e. The summed E-state index contributed by atoms with van der Waals surface area (Å²) in [5.41, 5.74) is 2.83. The molecule has 4 rings (SSSR count). The number of benzene rings is 1. The molecular formula is C19H25N3OS. The zero-order chi connectivity index (χ0) is 16.6. The van der Waals surface area contributed by atoms with Crippen LogP contribution in [0.1, 0.15) is 36.1 Å². The second kappa shape index (κ2) is 6.47. The van der Waals surface area contributed by atoms with Crippen molar-refractivity contribution < 1.29 is 5.11 Å². The first-order valence-corrected chi connectivity index (χ1v) is 9.73. The fourth-order valence-corrected chi connectivity index (χ4v) is 4.78. The van der Waals surface area contributed by atoms with Crippen molar-refractivity contribution in [2.75, 3.05) is 24.5 Å². The predicted octanol–water partition coefficient (Wildman–Crippen LogP) is 2.84. The van der Waals surface area contributed by atoms with Crippen LogP contribution in [0.2, 0.25) is 0 Å². The number of fused-ring (bicyclic) bond motifs is 1. The summed E-state index contributed by atoms with van der Waals surface area (Å²) in [6, 6.07) is 8.80. The highest BCUT2D eigenvalue weighted by Gasteiger charge is 2.36. The first kappa shape index (κ1) is 16.1. The van der Waals surface area contributed by atoms with E-state index in [0.29, 0.717) is 12.6 Å². The lowest BCUT2D eigenvalue weighted by molar-refractivity contribution is 0.0350. The number of aliphatic hydroxyl groups is 1. The van der Waals surface area contributed by atoms with Gasteiger partial charge in [0.25, 0.3) is 0 Å². The predicted molar refractivity (Wildman–Crippen MR) is 98.7 cm³/mol. The molecule has 128 valence electrons. The Morgan fingerprint density at radius 2 is 2.12 bits per heavy atom. The third kappa shape index (κ3) is 3.08. The minimum absolute atomic E-state index is 0.485. The van der Waals surface area contributed by atoms with Crippen LogP contribution in [-0.4, -0.2) is 35.8 Å². The summed E-state index contributed by atoms with van der Waals surface area (Å²) in [6.45, 7) is 4.79. The van der Waals surface area contributed by atoms with E-state index in [1.807, 2.05) is 6.07 Å². The number of nitrogens with zero attached hydrogens (tertiary/aromatic N) is 2. The molecule has 0 saturated carbocycles. The highest BCUT2D eigenvalue weighted by atomic mass is 32.1. The average Bonchev–Trinajstić information content (AvgIpc) is 3.19. The van der Waals surface area contributed by atoms with Crippen LogP contribution < -0.4 is 10.2 Å². The van der Waals surface area contributed by atoms with Gasteiger partial charge in [-0.3, -0.25) is 0 Å². The van der Waals surface area contributed by atoms with E-state index in [9.17, 15) is 5.11 Å². The van der Waals surface area contributed by atoms with E-state index in [1.54, 1.807) is 11.3 Å². The summed E-state index contributed by atoms with van der Waals surface area (Å²) in [4.78, 5) is 6.97. The number of rotatable bonds is 4. The van der Waals surface area contributed by atoms with Gasteiger partial charge in [-0.2, -0.15) is 0 Å². The van der Waals surface area contributed by atoms with Crippen molar-refractivity contribution in [3.63, 3.8) is 0 Å². The van der Waals surface area contributed by atoms with Gasteiger partial charge in [0.05, 0.1) is 5.69 Å². The van der Waals surface area contributed by atoms with Gasteiger partial charge in [-0.1, -0.05) is 24.3 Å². The Morgan fingerprint density at radius 1 is 1.33 bits per heavy atom. The molecule has 4 nitrogen and oxygen atoms in total. The maximum absolute atomic E-state index is 11.0. The molecule has 1 aliphatic heterocycles. The summed E-state index contributed by atoms with van der Waals surface area (Å²) in [5.74, 6) is 0. The highest BCUT2D eigenvalue weighted by Crippen LogP contribution is 2.36. The lowest BCUT2D eigenvalue weighted by atomic mass is 9.95. The number of anilines is 1. The largest absolute Gasteiger partial charge is 0.384 e. The first-order valence-electron chi connectivity index (χ1n) is 8.85. The van der Waals surface area contributed by atoms with Crippen LogP contribution in [0.25, 0.3) is 0 Å². The maximum atomic E-state index is 11.0. The van der Waals surface area contributed by atoms with Crippen LogP contribution in [-0.2, 0) is 12.0 Å². The first-order chi connectivity index (χ1) is 11.6. The smallest absolute Gasteiger partial charge is 0.185 e. The monoisotopic (exact) mass is 343 g/mol. The Hall–Kier alpha value is -1.43. The van der Waals surface area contributed by atoms with Crippen LogP contribution in [0.4, 0.5) is 5.13 Å². The van der Waals surface area contributed by atoms with E-state index in [2.05, 4.69) is 45.7 Å². The quantitative estimate of drug-likeness (QED) is 0.896. The van der Waals surface area contributed by atoms with E-state index in [0.717, 1.165) is 55.2 Å². The van der Waals surface area contributed by atoms with Crippen LogP contribution in [0.15, 0.2) is 29.6 Å². The van der Waals surface area contributed by atoms with Crippen molar-refractivity contribution in [1.82, 2.24) is 10.3 Å². The van der Waals surface area contributed by atoms with E-state index in [1.165, 1.54) is 5.56 Å². The zero-order valence-electron chi connectivity index (χ0n) is 14.2. The molecule has 1 atom stereocenters. The zero-order valence-corrected chi connectivity index (χ0v) is 15.0. The normalized spacial score (nSPS) is 24.3. The Morgan fingerprint density at radius 3 is 2.88 bits per heavy atom.